The molecule has 2 aliphatic rings. The minimum atomic E-state index is -0.474. The summed E-state index contributed by atoms with van der Waals surface area (Å²) in [4.78, 5) is 41.3. The SMILES string of the molecule is COCC(=O)N1CCc2[nH]cnc2C12CCN(C(=O)c1csc(C)n1)CC2. The quantitative estimate of drug-likeness (QED) is 0.855. The summed E-state index contributed by atoms with van der Waals surface area (Å²) in [6, 6.07) is 0. The van der Waals surface area contributed by atoms with Gasteiger partial charge in [0.25, 0.3) is 5.91 Å². The first kappa shape index (κ1) is 18.1. The molecule has 4 rings (SSSR count). The van der Waals surface area contributed by atoms with E-state index in [-0.39, 0.29) is 18.4 Å². The fourth-order valence-corrected chi connectivity index (χ4v) is 4.84. The number of nitrogens with one attached hydrogen (secondary N) is 1. The number of methoxy groups -OCH3 is 1. The summed E-state index contributed by atoms with van der Waals surface area (Å²) < 4.78 is 5.09. The molecule has 2 aromatic rings. The van der Waals surface area contributed by atoms with E-state index in [1.54, 1.807) is 6.33 Å². The van der Waals surface area contributed by atoms with Crippen LogP contribution in [0, 0.1) is 6.92 Å². The molecule has 2 amide bonds. The standard InChI is InChI=1S/C18H23N5O3S/c1-12-21-14(10-27-12)17(25)22-7-4-18(5-8-22)16-13(19-11-20-16)3-6-23(18)15(24)9-26-2/h10-11H,3-9H2,1-2H3,(H,19,20). The summed E-state index contributed by atoms with van der Waals surface area (Å²) in [7, 11) is 1.53. The second kappa shape index (κ2) is 7.05. The van der Waals surface area contributed by atoms with Gasteiger partial charge in [-0.05, 0) is 19.8 Å². The Balaban J connectivity index is 1.58. The number of likely N-dealkylation sites (tertiary alicyclic amines) is 1. The van der Waals surface area contributed by atoms with Gasteiger partial charge in [0.1, 0.15) is 12.3 Å². The molecule has 27 heavy (non-hydrogen) atoms. The molecule has 0 aromatic carbocycles. The highest BCUT2D eigenvalue weighted by atomic mass is 32.1. The van der Waals surface area contributed by atoms with Crippen molar-refractivity contribution < 1.29 is 14.3 Å². The lowest BCUT2D eigenvalue weighted by molar-refractivity contribution is -0.145. The number of carbonyl (C=O) groups is 2. The van der Waals surface area contributed by atoms with Crippen molar-refractivity contribution >= 4 is 23.2 Å². The van der Waals surface area contributed by atoms with Gasteiger partial charge in [0.05, 0.1) is 22.6 Å². The van der Waals surface area contributed by atoms with Crippen molar-refractivity contribution in [2.75, 3.05) is 33.4 Å². The number of amides is 2. The number of H-pyrrole nitrogens is 1. The number of fused-ring (bicyclic) bond motifs is 2. The predicted molar refractivity (Wildman–Crippen MR) is 99.5 cm³/mol. The Morgan fingerprint density at radius 2 is 2.11 bits per heavy atom. The number of imidazole rings is 1. The highest BCUT2D eigenvalue weighted by Gasteiger charge is 2.49. The van der Waals surface area contributed by atoms with E-state index in [0.29, 0.717) is 38.2 Å². The third-order valence-corrected chi connectivity index (χ3v) is 6.32. The van der Waals surface area contributed by atoms with Crippen LogP contribution in [-0.2, 0) is 21.5 Å². The molecule has 0 saturated carbocycles. The number of rotatable bonds is 3. The monoisotopic (exact) mass is 389 g/mol. The molecule has 1 saturated heterocycles. The van der Waals surface area contributed by atoms with E-state index in [4.69, 9.17) is 4.74 Å². The number of carbonyl (C=O) groups excluding carboxylic acids is 2. The average molecular weight is 389 g/mol. The van der Waals surface area contributed by atoms with Crippen LogP contribution in [0.4, 0.5) is 0 Å². The van der Waals surface area contributed by atoms with Crippen molar-refractivity contribution in [1.82, 2.24) is 24.8 Å². The third-order valence-electron chi connectivity index (χ3n) is 5.55. The summed E-state index contributed by atoms with van der Waals surface area (Å²) in [6.07, 6.45) is 3.78. The third kappa shape index (κ3) is 3.04. The van der Waals surface area contributed by atoms with Crippen LogP contribution in [0.5, 0.6) is 0 Å². The lowest BCUT2D eigenvalue weighted by atomic mass is 9.78. The van der Waals surface area contributed by atoms with Crippen molar-refractivity contribution in [1.29, 1.82) is 0 Å². The first-order valence-electron chi connectivity index (χ1n) is 9.09. The number of nitrogens with zero attached hydrogens (tertiary/aromatic N) is 4. The Morgan fingerprint density at radius 1 is 1.33 bits per heavy atom. The number of thiazole rings is 1. The Hall–Kier alpha value is -2.26. The highest BCUT2D eigenvalue weighted by molar-refractivity contribution is 7.09. The van der Waals surface area contributed by atoms with E-state index in [1.807, 2.05) is 22.1 Å². The topological polar surface area (TPSA) is 91.4 Å². The van der Waals surface area contributed by atoms with Crippen LogP contribution in [0.1, 0.15) is 39.7 Å². The number of aromatic amines is 1. The molecule has 1 spiro atoms. The first-order chi connectivity index (χ1) is 13.0. The summed E-state index contributed by atoms with van der Waals surface area (Å²) in [6.45, 7) is 3.73. The van der Waals surface area contributed by atoms with Crippen LogP contribution >= 0.6 is 11.3 Å². The molecule has 2 aliphatic heterocycles. The average Bonchev–Trinajstić information content (AvgIpc) is 3.32. The molecule has 0 atom stereocenters. The fraction of sp³-hybridized carbons (Fsp3) is 0.556. The molecule has 1 N–H and O–H groups in total. The molecule has 0 radical (unpaired) electrons. The smallest absolute Gasteiger partial charge is 0.273 e. The molecule has 8 nitrogen and oxygen atoms in total. The van der Waals surface area contributed by atoms with Crippen molar-refractivity contribution in [2.45, 2.75) is 31.7 Å². The normalized spacial score (nSPS) is 18.6. The van der Waals surface area contributed by atoms with Crippen molar-refractivity contribution in [3.8, 4) is 0 Å². The second-order valence-corrected chi connectivity index (χ2v) is 8.10. The van der Waals surface area contributed by atoms with E-state index in [1.165, 1.54) is 18.4 Å². The lowest BCUT2D eigenvalue weighted by Crippen LogP contribution is -2.59. The maximum absolute atomic E-state index is 12.7. The fourth-order valence-electron chi connectivity index (χ4n) is 4.25. The van der Waals surface area contributed by atoms with Gasteiger partial charge in [-0.15, -0.1) is 11.3 Å². The molecule has 2 aromatic heterocycles. The Kier molecular flexibility index (Phi) is 4.73. The van der Waals surface area contributed by atoms with Gasteiger partial charge in [-0.1, -0.05) is 0 Å². The van der Waals surface area contributed by atoms with E-state index in [2.05, 4.69) is 15.0 Å². The lowest BCUT2D eigenvalue weighted by Gasteiger charge is -2.50. The van der Waals surface area contributed by atoms with Gasteiger partial charge in [-0.25, -0.2) is 9.97 Å². The Morgan fingerprint density at radius 3 is 2.78 bits per heavy atom. The summed E-state index contributed by atoms with van der Waals surface area (Å²) in [5.74, 6) is -0.0666. The zero-order chi connectivity index (χ0) is 19.0. The molecule has 9 heteroatoms. The number of hydrogen-bond acceptors (Lipinski definition) is 6. The maximum Gasteiger partial charge on any atom is 0.273 e. The molecule has 0 unspecified atom stereocenters. The Bertz CT molecular complexity index is 853. The van der Waals surface area contributed by atoms with Gasteiger partial charge in [0, 0.05) is 44.2 Å². The Labute approximate surface area is 161 Å². The molecule has 4 heterocycles. The number of hydrogen-bond donors (Lipinski definition) is 1. The van der Waals surface area contributed by atoms with Crippen molar-refractivity contribution in [3.63, 3.8) is 0 Å². The molecule has 1 fully saturated rings. The van der Waals surface area contributed by atoms with Crippen LogP contribution in [0.15, 0.2) is 11.7 Å². The molecule has 144 valence electrons. The minimum Gasteiger partial charge on any atom is -0.375 e. The minimum absolute atomic E-state index is 0.0268. The van der Waals surface area contributed by atoms with Gasteiger partial charge in [0.15, 0.2) is 0 Å². The number of ether oxygens (including phenoxy) is 1. The summed E-state index contributed by atoms with van der Waals surface area (Å²) in [5.41, 5.74) is 2.06. The number of aryl methyl sites for hydroxylation is 1. The molecular weight excluding hydrogens is 366 g/mol. The largest absolute Gasteiger partial charge is 0.375 e. The van der Waals surface area contributed by atoms with Crippen molar-refractivity contribution in [3.05, 3.63) is 33.8 Å². The van der Waals surface area contributed by atoms with Crippen LogP contribution in [0.2, 0.25) is 0 Å². The molecule has 0 aliphatic carbocycles. The zero-order valence-electron chi connectivity index (χ0n) is 15.5. The molecule has 0 bridgehead atoms. The maximum atomic E-state index is 12.7. The van der Waals surface area contributed by atoms with Crippen LogP contribution in [-0.4, -0.2) is 69.9 Å². The van der Waals surface area contributed by atoms with E-state index < -0.39 is 5.54 Å². The number of piperidine rings is 1. The first-order valence-corrected chi connectivity index (χ1v) is 9.96. The van der Waals surface area contributed by atoms with Gasteiger partial charge in [0.2, 0.25) is 5.91 Å². The number of aromatic nitrogens is 3. The van der Waals surface area contributed by atoms with Crippen LogP contribution < -0.4 is 0 Å². The second-order valence-electron chi connectivity index (χ2n) is 7.03. The van der Waals surface area contributed by atoms with E-state index in [9.17, 15) is 9.59 Å². The van der Waals surface area contributed by atoms with Gasteiger partial charge in [-0.3, -0.25) is 9.59 Å². The summed E-state index contributed by atoms with van der Waals surface area (Å²) in [5, 5.41) is 2.69. The van der Waals surface area contributed by atoms with Gasteiger partial charge in [-0.2, -0.15) is 0 Å². The van der Waals surface area contributed by atoms with Gasteiger partial charge < -0.3 is 19.5 Å². The van der Waals surface area contributed by atoms with Crippen LogP contribution in [0.3, 0.4) is 0 Å². The van der Waals surface area contributed by atoms with Crippen LogP contribution in [0.25, 0.3) is 0 Å². The summed E-state index contributed by atoms with van der Waals surface area (Å²) >= 11 is 1.48. The highest BCUT2D eigenvalue weighted by Crippen LogP contribution is 2.42. The molecular formula is C18H23N5O3S. The zero-order valence-corrected chi connectivity index (χ0v) is 16.3. The van der Waals surface area contributed by atoms with Crippen molar-refractivity contribution in [2.24, 2.45) is 0 Å². The predicted octanol–water partition coefficient (Wildman–Crippen LogP) is 1.34. The van der Waals surface area contributed by atoms with E-state index >= 15 is 0 Å². The van der Waals surface area contributed by atoms with E-state index in [0.717, 1.165) is 22.8 Å². The van der Waals surface area contributed by atoms with Gasteiger partial charge >= 0.3 is 0 Å².